The summed E-state index contributed by atoms with van der Waals surface area (Å²) in [5.74, 6) is 1.50. The van der Waals surface area contributed by atoms with E-state index in [1.54, 1.807) is 0 Å². The highest BCUT2D eigenvalue weighted by Crippen LogP contribution is 2.32. The van der Waals surface area contributed by atoms with E-state index in [1.165, 1.54) is 24.8 Å². The van der Waals surface area contributed by atoms with Crippen LogP contribution in [-0.2, 0) is 0 Å². The topological polar surface area (TPSA) is 20.2 Å². The van der Waals surface area contributed by atoms with Gasteiger partial charge in [0.05, 0.1) is 6.10 Å². The Bertz CT molecular complexity index is 170. The molecule has 0 aliphatic heterocycles. The Kier molecular flexibility index (Phi) is 3.33. The molecule has 0 aromatic heterocycles. The minimum Gasteiger partial charge on any atom is -0.389 e. The zero-order chi connectivity index (χ0) is 9.14. The molecule has 0 radical (unpaired) electrons. The SMILES string of the molecule is CC(O)/C=C1/CC(C)CCC1C. The highest BCUT2D eigenvalue weighted by atomic mass is 16.3. The molecule has 1 aliphatic rings. The highest BCUT2D eigenvalue weighted by molar-refractivity contribution is 5.10. The molecule has 3 unspecified atom stereocenters. The molecule has 0 aromatic rings. The normalized spacial score (nSPS) is 36.8. The van der Waals surface area contributed by atoms with E-state index in [2.05, 4.69) is 13.8 Å². The summed E-state index contributed by atoms with van der Waals surface area (Å²) in [6.45, 7) is 6.39. The van der Waals surface area contributed by atoms with Crippen LogP contribution in [0.2, 0.25) is 0 Å². The molecular formula is C11H20O. The van der Waals surface area contributed by atoms with Gasteiger partial charge in [0, 0.05) is 0 Å². The van der Waals surface area contributed by atoms with Gasteiger partial charge in [0.1, 0.15) is 0 Å². The van der Waals surface area contributed by atoms with E-state index in [-0.39, 0.29) is 6.10 Å². The van der Waals surface area contributed by atoms with Crippen LogP contribution in [0.25, 0.3) is 0 Å². The van der Waals surface area contributed by atoms with Gasteiger partial charge in [-0.25, -0.2) is 0 Å². The van der Waals surface area contributed by atoms with Crippen molar-refractivity contribution in [1.29, 1.82) is 0 Å². The number of aliphatic hydroxyl groups is 1. The molecule has 1 fully saturated rings. The van der Waals surface area contributed by atoms with E-state index in [1.807, 2.05) is 13.0 Å². The first-order valence-corrected chi connectivity index (χ1v) is 4.98. The summed E-state index contributed by atoms with van der Waals surface area (Å²) in [5, 5.41) is 9.23. The molecule has 12 heavy (non-hydrogen) atoms. The van der Waals surface area contributed by atoms with Crippen molar-refractivity contribution in [3.8, 4) is 0 Å². The maximum absolute atomic E-state index is 9.23. The maximum Gasteiger partial charge on any atom is 0.0695 e. The molecule has 0 amide bonds. The van der Waals surface area contributed by atoms with Crippen molar-refractivity contribution in [2.24, 2.45) is 11.8 Å². The van der Waals surface area contributed by atoms with Crippen molar-refractivity contribution in [2.45, 2.75) is 46.1 Å². The van der Waals surface area contributed by atoms with Crippen molar-refractivity contribution in [2.75, 3.05) is 0 Å². The van der Waals surface area contributed by atoms with Gasteiger partial charge in [-0.3, -0.25) is 0 Å². The molecule has 1 N–H and O–H groups in total. The molecular weight excluding hydrogens is 148 g/mol. The van der Waals surface area contributed by atoms with Crippen molar-refractivity contribution in [1.82, 2.24) is 0 Å². The van der Waals surface area contributed by atoms with Crippen LogP contribution in [0.4, 0.5) is 0 Å². The zero-order valence-corrected chi connectivity index (χ0v) is 8.38. The van der Waals surface area contributed by atoms with E-state index < -0.39 is 0 Å². The quantitative estimate of drug-likeness (QED) is 0.597. The average Bonchev–Trinajstić information content (AvgIpc) is 1.96. The third-order valence-corrected chi connectivity index (χ3v) is 2.76. The van der Waals surface area contributed by atoms with Crippen LogP contribution in [-0.4, -0.2) is 11.2 Å². The van der Waals surface area contributed by atoms with Crippen LogP contribution >= 0.6 is 0 Å². The van der Waals surface area contributed by atoms with Crippen LogP contribution in [0.3, 0.4) is 0 Å². The van der Waals surface area contributed by atoms with Crippen LogP contribution < -0.4 is 0 Å². The molecule has 3 atom stereocenters. The molecule has 0 bridgehead atoms. The second kappa shape index (κ2) is 4.08. The number of allylic oxidation sites excluding steroid dienone is 1. The number of hydrogen-bond donors (Lipinski definition) is 1. The molecule has 1 nitrogen and oxygen atoms in total. The molecule has 0 aromatic carbocycles. The van der Waals surface area contributed by atoms with Crippen molar-refractivity contribution >= 4 is 0 Å². The fraction of sp³-hybridized carbons (Fsp3) is 0.818. The average molecular weight is 168 g/mol. The first kappa shape index (κ1) is 9.79. The molecule has 1 rings (SSSR count). The summed E-state index contributed by atoms with van der Waals surface area (Å²) in [6, 6.07) is 0. The van der Waals surface area contributed by atoms with Gasteiger partial charge < -0.3 is 5.11 Å². The van der Waals surface area contributed by atoms with Gasteiger partial charge >= 0.3 is 0 Å². The third-order valence-electron chi connectivity index (χ3n) is 2.76. The number of hydrogen-bond acceptors (Lipinski definition) is 1. The van der Waals surface area contributed by atoms with Crippen molar-refractivity contribution in [3.05, 3.63) is 11.6 Å². The first-order chi connectivity index (χ1) is 5.59. The van der Waals surface area contributed by atoms with Crippen molar-refractivity contribution in [3.63, 3.8) is 0 Å². The minimum absolute atomic E-state index is 0.271. The van der Waals surface area contributed by atoms with Gasteiger partial charge in [-0.05, 0) is 38.0 Å². The predicted molar refractivity (Wildman–Crippen MR) is 51.9 cm³/mol. The molecule has 1 heteroatoms. The second-order valence-corrected chi connectivity index (χ2v) is 4.27. The standard InChI is InChI=1S/C11H20O/c1-8-4-5-9(2)11(6-8)7-10(3)12/h7-10,12H,4-6H2,1-3H3/b11-7-. The molecule has 1 aliphatic carbocycles. The van der Waals surface area contributed by atoms with Gasteiger partial charge in [-0.2, -0.15) is 0 Å². The summed E-state index contributed by atoms with van der Waals surface area (Å²) in [7, 11) is 0. The summed E-state index contributed by atoms with van der Waals surface area (Å²) >= 11 is 0. The molecule has 70 valence electrons. The molecule has 0 heterocycles. The fourth-order valence-electron chi connectivity index (χ4n) is 1.97. The van der Waals surface area contributed by atoms with Gasteiger partial charge in [0.2, 0.25) is 0 Å². The van der Waals surface area contributed by atoms with Gasteiger partial charge in [-0.1, -0.05) is 25.5 Å². The highest BCUT2D eigenvalue weighted by Gasteiger charge is 2.19. The Morgan fingerprint density at radius 2 is 2.08 bits per heavy atom. The Morgan fingerprint density at radius 1 is 1.42 bits per heavy atom. The van der Waals surface area contributed by atoms with E-state index in [9.17, 15) is 5.11 Å². The zero-order valence-electron chi connectivity index (χ0n) is 8.38. The van der Waals surface area contributed by atoms with Crippen LogP contribution in [0.15, 0.2) is 11.6 Å². The summed E-state index contributed by atoms with van der Waals surface area (Å²) in [6.07, 6.45) is 5.58. The Balaban J connectivity index is 2.60. The van der Waals surface area contributed by atoms with Crippen LogP contribution in [0, 0.1) is 11.8 Å². The summed E-state index contributed by atoms with van der Waals surface area (Å²) in [5.41, 5.74) is 1.46. The Morgan fingerprint density at radius 3 is 2.67 bits per heavy atom. The smallest absolute Gasteiger partial charge is 0.0695 e. The van der Waals surface area contributed by atoms with Gasteiger partial charge in [-0.15, -0.1) is 0 Å². The molecule has 0 spiro atoms. The monoisotopic (exact) mass is 168 g/mol. The van der Waals surface area contributed by atoms with Crippen LogP contribution in [0.5, 0.6) is 0 Å². The van der Waals surface area contributed by atoms with Crippen LogP contribution in [0.1, 0.15) is 40.0 Å². The van der Waals surface area contributed by atoms with E-state index >= 15 is 0 Å². The largest absolute Gasteiger partial charge is 0.389 e. The molecule has 0 saturated heterocycles. The van der Waals surface area contributed by atoms with Gasteiger partial charge in [0.15, 0.2) is 0 Å². The fourth-order valence-corrected chi connectivity index (χ4v) is 1.97. The number of aliphatic hydroxyl groups excluding tert-OH is 1. The lowest BCUT2D eigenvalue weighted by atomic mass is 9.79. The lowest BCUT2D eigenvalue weighted by Gasteiger charge is -2.27. The van der Waals surface area contributed by atoms with Gasteiger partial charge in [0.25, 0.3) is 0 Å². The molecule has 1 saturated carbocycles. The predicted octanol–water partition coefficient (Wildman–Crippen LogP) is 2.75. The Labute approximate surface area is 75.5 Å². The summed E-state index contributed by atoms with van der Waals surface area (Å²) < 4.78 is 0. The second-order valence-electron chi connectivity index (χ2n) is 4.27. The number of rotatable bonds is 1. The maximum atomic E-state index is 9.23. The van der Waals surface area contributed by atoms with E-state index in [4.69, 9.17) is 0 Å². The Hall–Kier alpha value is -0.300. The first-order valence-electron chi connectivity index (χ1n) is 4.98. The third kappa shape index (κ3) is 2.63. The lowest BCUT2D eigenvalue weighted by molar-refractivity contribution is 0.239. The van der Waals surface area contributed by atoms with Crippen molar-refractivity contribution < 1.29 is 5.11 Å². The van der Waals surface area contributed by atoms with E-state index in [0.717, 1.165) is 5.92 Å². The minimum atomic E-state index is -0.271. The summed E-state index contributed by atoms with van der Waals surface area (Å²) in [4.78, 5) is 0. The lowest BCUT2D eigenvalue weighted by Crippen LogP contribution is -2.14. The van der Waals surface area contributed by atoms with E-state index in [0.29, 0.717) is 5.92 Å².